The van der Waals surface area contributed by atoms with Crippen LogP contribution in [0.5, 0.6) is 5.75 Å². The number of ether oxygens (including phenoxy) is 2. The lowest BCUT2D eigenvalue weighted by Crippen LogP contribution is -2.55. The molecule has 0 aliphatic rings. The lowest BCUT2D eigenvalue weighted by atomic mass is 10.00. The van der Waals surface area contributed by atoms with Gasteiger partial charge in [0, 0.05) is 12.8 Å². The van der Waals surface area contributed by atoms with Gasteiger partial charge in [0.1, 0.15) is 37.1 Å². The van der Waals surface area contributed by atoms with Crippen LogP contribution in [-0.2, 0) is 54.8 Å². The van der Waals surface area contributed by atoms with Gasteiger partial charge in [0.15, 0.2) is 0 Å². The van der Waals surface area contributed by atoms with E-state index in [2.05, 4.69) is 26.6 Å². The van der Waals surface area contributed by atoms with Gasteiger partial charge in [-0.05, 0) is 40.8 Å². The highest BCUT2D eigenvalue weighted by molar-refractivity contribution is 5.93. The zero-order valence-corrected chi connectivity index (χ0v) is 32.6. The third-order valence-electron chi connectivity index (χ3n) is 9.00. The quantitative estimate of drug-likeness (QED) is 0.0711. The molecule has 0 heterocycles. The van der Waals surface area contributed by atoms with Crippen LogP contribution in [-0.4, -0.2) is 78.2 Å². The molecule has 0 aliphatic heterocycles. The van der Waals surface area contributed by atoms with Crippen LogP contribution in [0.4, 0.5) is 18.0 Å². The van der Waals surface area contributed by atoms with Gasteiger partial charge in [-0.25, -0.2) is 9.59 Å². The molecule has 0 aromatic heterocycles. The molecule has 0 spiro atoms. The number of carboxylic acids is 1. The predicted molar refractivity (Wildman–Crippen MR) is 212 cm³/mol. The van der Waals surface area contributed by atoms with Crippen molar-refractivity contribution in [1.29, 1.82) is 0 Å². The molecule has 0 bridgehead atoms. The molecule has 4 aromatic carbocycles. The van der Waals surface area contributed by atoms with E-state index in [1.807, 2.05) is 30.3 Å². The number of carbonyl (C=O) groups excluding carboxylic acids is 5. The Morgan fingerprint density at radius 1 is 0.583 bits per heavy atom. The first-order valence-corrected chi connectivity index (χ1v) is 18.9. The number of carboxylic acid groups (broad SMARTS) is 1. The molecule has 5 amide bonds. The fraction of sp³-hybridized carbons (Fsp3) is 0.302. The van der Waals surface area contributed by atoms with Gasteiger partial charge in [-0.2, -0.15) is 13.2 Å². The van der Waals surface area contributed by atoms with Crippen LogP contribution in [0.15, 0.2) is 115 Å². The third-order valence-corrected chi connectivity index (χ3v) is 9.00. The van der Waals surface area contributed by atoms with Gasteiger partial charge in [-0.3, -0.25) is 19.2 Å². The van der Waals surface area contributed by atoms with Crippen LogP contribution in [0.1, 0.15) is 35.6 Å². The molecule has 14 nitrogen and oxygen atoms in total. The summed E-state index contributed by atoms with van der Waals surface area (Å²) in [5, 5.41) is 21.3. The summed E-state index contributed by atoms with van der Waals surface area (Å²) in [6, 6.07) is 29.0. The van der Waals surface area contributed by atoms with Gasteiger partial charge in [0.2, 0.25) is 23.6 Å². The number of nitrogens with one attached hydrogen (secondary N) is 5. The summed E-state index contributed by atoms with van der Waals surface area (Å²) in [4.78, 5) is 76.8. The topological polar surface area (TPSA) is 201 Å². The molecular formula is C43H46F3N5O9. The molecule has 0 unspecified atom stereocenters. The summed E-state index contributed by atoms with van der Waals surface area (Å²) < 4.78 is 50.6. The third kappa shape index (κ3) is 16.2. The van der Waals surface area contributed by atoms with Crippen LogP contribution in [0, 0.1) is 5.92 Å². The van der Waals surface area contributed by atoms with Crippen LogP contribution in [0.2, 0.25) is 0 Å². The van der Waals surface area contributed by atoms with Crippen molar-refractivity contribution in [2.75, 3.05) is 13.1 Å². The second-order valence-corrected chi connectivity index (χ2v) is 13.8. The van der Waals surface area contributed by atoms with Crippen LogP contribution >= 0.6 is 0 Å². The van der Waals surface area contributed by atoms with Crippen molar-refractivity contribution < 1.29 is 56.5 Å². The molecule has 0 aliphatic carbocycles. The summed E-state index contributed by atoms with van der Waals surface area (Å²) in [5.74, 6) is -6.68. The number of hydrogen-bond donors (Lipinski definition) is 6. The van der Waals surface area contributed by atoms with Crippen molar-refractivity contribution in [3.05, 3.63) is 138 Å². The summed E-state index contributed by atoms with van der Waals surface area (Å²) in [6.45, 7) is -0.247. The Hall–Kier alpha value is -6.91. The van der Waals surface area contributed by atoms with Crippen LogP contribution < -0.4 is 31.3 Å². The van der Waals surface area contributed by atoms with Crippen molar-refractivity contribution in [2.45, 2.75) is 63.7 Å². The molecule has 318 valence electrons. The lowest BCUT2D eigenvalue weighted by Gasteiger charge is -2.24. The normalized spacial score (nSPS) is 13.0. The van der Waals surface area contributed by atoms with E-state index < -0.39 is 85.4 Å². The Kier molecular flexibility index (Phi) is 17.5. The molecule has 0 saturated heterocycles. The summed E-state index contributed by atoms with van der Waals surface area (Å²) in [6.07, 6.45) is -6.70. The van der Waals surface area contributed by atoms with E-state index in [-0.39, 0.29) is 19.4 Å². The number of alkyl halides is 3. The maximum Gasteiger partial charge on any atom is 0.408 e. The molecular weight excluding hydrogens is 787 g/mol. The predicted octanol–water partition coefficient (Wildman–Crippen LogP) is 4.22. The van der Waals surface area contributed by atoms with Crippen molar-refractivity contribution >= 4 is 35.7 Å². The van der Waals surface area contributed by atoms with Gasteiger partial charge in [-0.15, -0.1) is 0 Å². The largest absolute Gasteiger partial charge is 0.489 e. The van der Waals surface area contributed by atoms with Gasteiger partial charge in [-0.1, -0.05) is 110 Å². The minimum atomic E-state index is -4.70. The highest BCUT2D eigenvalue weighted by Gasteiger charge is 2.39. The number of halogens is 3. The first-order chi connectivity index (χ1) is 28.7. The Morgan fingerprint density at radius 2 is 1.08 bits per heavy atom. The number of rotatable bonds is 21. The average molecular weight is 834 g/mol. The Labute approximate surface area is 344 Å². The fourth-order valence-corrected chi connectivity index (χ4v) is 5.63. The molecule has 0 saturated carbocycles. The Balaban J connectivity index is 1.34. The maximum atomic E-state index is 13.4. The Morgan fingerprint density at radius 3 is 1.63 bits per heavy atom. The van der Waals surface area contributed by atoms with Gasteiger partial charge >= 0.3 is 18.2 Å². The molecule has 4 aromatic rings. The zero-order chi connectivity index (χ0) is 43.5. The molecule has 0 radical (unpaired) electrons. The molecule has 17 heteroatoms. The SMILES string of the molecule is C[C@H](C[C@@H](NC(=O)[C@H](Cc1ccccc1)NC(=O)CNC(=O)CNC(=O)[C@H](Cc1ccc(OCc2ccccc2)cc1)NC(=O)OCc1ccccc1)C(=O)O)C(F)(F)F. The van der Waals surface area contributed by atoms with E-state index in [0.717, 1.165) is 12.5 Å². The van der Waals surface area contributed by atoms with Crippen molar-refractivity contribution in [2.24, 2.45) is 5.92 Å². The standard InChI is InChI=1S/C43H46F3N5O9/c1-28(43(44,45)46)21-36(41(56)57)50-40(55)35(22-29-11-5-2-6-12-29)49-38(53)25-47-37(52)24-48-39(54)34(51-42(58)60-27-32-15-9-4-10-16-32)23-30-17-19-33(20-18-30)59-26-31-13-7-3-8-14-31/h2-20,28,34-36H,21-27H2,1H3,(H,47,52)(H,48,54)(H,49,53)(H,50,55)(H,51,58)(H,56,57)/t28-,34+,35+,36-/m1/s1. The monoisotopic (exact) mass is 833 g/mol. The molecule has 4 rings (SSSR count). The van der Waals surface area contributed by atoms with E-state index in [9.17, 15) is 47.0 Å². The van der Waals surface area contributed by atoms with E-state index in [1.54, 1.807) is 84.9 Å². The number of aliphatic carboxylic acids is 1. The molecule has 4 atom stereocenters. The zero-order valence-electron chi connectivity index (χ0n) is 32.6. The van der Waals surface area contributed by atoms with Crippen molar-refractivity contribution in [3.63, 3.8) is 0 Å². The van der Waals surface area contributed by atoms with E-state index in [0.29, 0.717) is 29.0 Å². The van der Waals surface area contributed by atoms with E-state index in [1.165, 1.54) is 0 Å². The van der Waals surface area contributed by atoms with E-state index in [4.69, 9.17) is 9.47 Å². The highest BCUT2D eigenvalue weighted by Crippen LogP contribution is 2.29. The number of alkyl carbamates (subject to hydrolysis) is 1. The number of hydrogen-bond acceptors (Lipinski definition) is 8. The molecule has 0 fully saturated rings. The lowest BCUT2D eigenvalue weighted by molar-refractivity contribution is -0.175. The summed E-state index contributed by atoms with van der Waals surface area (Å²) in [7, 11) is 0. The van der Waals surface area contributed by atoms with Crippen molar-refractivity contribution in [1.82, 2.24) is 26.6 Å². The van der Waals surface area contributed by atoms with Crippen molar-refractivity contribution in [3.8, 4) is 5.75 Å². The summed E-state index contributed by atoms with van der Waals surface area (Å²) in [5.41, 5.74) is 2.88. The second kappa shape index (κ2) is 22.9. The maximum absolute atomic E-state index is 13.4. The number of amides is 5. The highest BCUT2D eigenvalue weighted by atomic mass is 19.4. The minimum Gasteiger partial charge on any atom is -0.489 e. The molecule has 6 N–H and O–H groups in total. The fourth-order valence-electron chi connectivity index (χ4n) is 5.63. The molecule has 60 heavy (non-hydrogen) atoms. The van der Waals surface area contributed by atoms with Gasteiger partial charge in [0.25, 0.3) is 0 Å². The first kappa shape index (κ1) is 45.8. The Bertz CT molecular complexity index is 2020. The van der Waals surface area contributed by atoms with Gasteiger partial charge in [0.05, 0.1) is 19.0 Å². The average Bonchev–Trinajstić information content (AvgIpc) is 3.23. The van der Waals surface area contributed by atoms with Gasteiger partial charge < -0.3 is 41.2 Å². The number of benzene rings is 4. The van der Waals surface area contributed by atoms with Crippen LogP contribution in [0.3, 0.4) is 0 Å². The van der Waals surface area contributed by atoms with E-state index >= 15 is 0 Å². The number of carbonyl (C=O) groups is 6. The van der Waals surface area contributed by atoms with Crippen LogP contribution in [0.25, 0.3) is 0 Å². The second-order valence-electron chi connectivity index (χ2n) is 13.8. The minimum absolute atomic E-state index is 0.00200. The smallest absolute Gasteiger partial charge is 0.408 e. The summed E-state index contributed by atoms with van der Waals surface area (Å²) >= 11 is 0. The first-order valence-electron chi connectivity index (χ1n) is 18.9.